The molecule has 0 saturated heterocycles. The molecular weight excluding hydrogens is 262 g/mol. The number of benzene rings is 1. The molecule has 0 radical (unpaired) electrons. The highest BCUT2D eigenvalue weighted by Gasteiger charge is 2.06. The van der Waals surface area contributed by atoms with E-state index in [0.717, 1.165) is 17.7 Å². The standard InChI is InChI=1S/C14H16ClN3O/c1-19-7-6-10-4-2-3-5-13(10)18-14-12(16)8-11(15)9-17-14/h2-5,8-9H,6-7,16H2,1H3,(H,17,18). The summed E-state index contributed by atoms with van der Waals surface area (Å²) in [7, 11) is 1.69. The molecule has 0 fully saturated rings. The van der Waals surface area contributed by atoms with Crippen LogP contribution in [0.4, 0.5) is 17.2 Å². The zero-order chi connectivity index (χ0) is 13.7. The Bertz CT molecular complexity index is 560. The van der Waals surface area contributed by atoms with Gasteiger partial charge in [-0.3, -0.25) is 0 Å². The first-order valence-corrected chi connectivity index (χ1v) is 6.33. The summed E-state index contributed by atoms with van der Waals surface area (Å²) in [4.78, 5) is 4.20. The lowest BCUT2D eigenvalue weighted by Crippen LogP contribution is -2.03. The van der Waals surface area contributed by atoms with Gasteiger partial charge in [-0.15, -0.1) is 0 Å². The SMILES string of the molecule is COCCc1ccccc1Nc1ncc(Cl)cc1N. The lowest BCUT2D eigenvalue weighted by molar-refractivity contribution is 0.202. The summed E-state index contributed by atoms with van der Waals surface area (Å²) in [6.07, 6.45) is 2.39. The number of halogens is 1. The third-order valence-corrected chi connectivity index (χ3v) is 2.94. The number of rotatable bonds is 5. The second-order valence-corrected chi connectivity index (χ2v) is 4.55. The maximum absolute atomic E-state index is 5.89. The Hall–Kier alpha value is -1.78. The molecule has 100 valence electrons. The summed E-state index contributed by atoms with van der Waals surface area (Å²) in [5.41, 5.74) is 8.53. The van der Waals surface area contributed by atoms with Crippen LogP contribution in [0.2, 0.25) is 5.02 Å². The van der Waals surface area contributed by atoms with Crippen molar-refractivity contribution < 1.29 is 4.74 Å². The summed E-state index contributed by atoms with van der Waals surface area (Å²) in [5, 5.41) is 3.75. The number of nitrogen functional groups attached to an aromatic ring is 1. The lowest BCUT2D eigenvalue weighted by atomic mass is 10.1. The first kappa shape index (κ1) is 13.6. The molecule has 19 heavy (non-hydrogen) atoms. The Morgan fingerprint density at radius 2 is 2.16 bits per heavy atom. The van der Waals surface area contributed by atoms with Crippen LogP contribution in [0.3, 0.4) is 0 Å². The Morgan fingerprint density at radius 3 is 2.89 bits per heavy atom. The van der Waals surface area contributed by atoms with Crippen molar-refractivity contribution in [3.8, 4) is 0 Å². The van der Waals surface area contributed by atoms with Crippen molar-refractivity contribution in [2.24, 2.45) is 0 Å². The zero-order valence-corrected chi connectivity index (χ0v) is 11.4. The summed E-state index contributed by atoms with van der Waals surface area (Å²) >= 11 is 5.83. The first-order chi connectivity index (χ1) is 9.20. The molecule has 1 heterocycles. The van der Waals surface area contributed by atoms with Crippen LogP contribution in [0, 0.1) is 0 Å². The number of hydrogen-bond donors (Lipinski definition) is 2. The number of aromatic nitrogens is 1. The number of nitrogens with one attached hydrogen (secondary N) is 1. The Morgan fingerprint density at radius 1 is 1.37 bits per heavy atom. The van der Waals surface area contributed by atoms with Crippen LogP contribution in [0.1, 0.15) is 5.56 Å². The van der Waals surface area contributed by atoms with Crippen molar-refractivity contribution in [1.82, 2.24) is 4.98 Å². The highest BCUT2D eigenvalue weighted by molar-refractivity contribution is 6.30. The molecule has 0 amide bonds. The van der Waals surface area contributed by atoms with Crippen molar-refractivity contribution in [2.45, 2.75) is 6.42 Å². The average molecular weight is 278 g/mol. The molecule has 0 bridgehead atoms. The summed E-state index contributed by atoms with van der Waals surface area (Å²) < 4.78 is 5.10. The maximum atomic E-state index is 5.89. The Kier molecular flexibility index (Phi) is 4.60. The predicted molar refractivity (Wildman–Crippen MR) is 79.0 cm³/mol. The van der Waals surface area contributed by atoms with Gasteiger partial charge in [-0.2, -0.15) is 0 Å². The van der Waals surface area contributed by atoms with Gasteiger partial charge in [0.25, 0.3) is 0 Å². The summed E-state index contributed by atoms with van der Waals surface area (Å²) in [6.45, 7) is 0.669. The molecule has 1 aromatic heterocycles. The monoisotopic (exact) mass is 277 g/mol. The molecule has 0 aliphatic heterocycles. The molecule has 2 rings (SSSR count). The highest BCUT2D eigenvalue weighted by atomic mass is 35.5. The van der Waals surface area contributed by atoms with Crippen LogP contribution < -0.4 is 11.1 Å². The fourth-order valence-electron chi connectivity index (χ4n) is 1.76. The number of nitrogens with two attached hydrogens (primary N) is 1. The topological polar surface area (TPSA) is 60.2 Å². The predicted octanol–water partition coefficient (Wildman–Crippen LogP) is 3.25. The minimum absolute atomic E-state index is 0.522. The van der Waals surface area contributed by atoms with Gasteiger partial charge in [0.2, 0.25) is 0 Å². The normalized spacial score (nSPS) is 10.4. The van der Waals surface area contributed by atoms with Crippen LogP contribution >= 0.6 is 11.6 Å². The van der Waals surface area contributed by atoms with E-state index in [4.69, 9.17) is 22.1 Å². The van der Waals surface area contributed by atoms with Gasteiger partial charge in [0.1, 0.15) is 0 Å². The summed E-state index contributed by atoms with van der Waals surface area (Å²) in [5.74, 6) is 0.606. The first-order valence-electron chi connectivity index (χ1n) is 5.95. The fraction of sp³-hybridized carbons (Fsp3) is 0.214. The van der Waals surface area contributed by atoms with Gasteiger partial charge in [-0.1, -0.05) is 29.8 Å². The van der Waals surface area contributed by atoms with Crippen molar-refractivity contribution in [3.63, 3.8) is 0 Å². The number of anilines is 3. The van der Waals surface area contributed by atoms with Crippen LogP contribution in [0.5, 0.6) is 0 Å². The number of pyridine rings is 1. The van der Waals surface area contributed by atoms with Gasteiger partial charge in [0.05, 0.1) is 17.3 Å². The number of para-hydroxylation sites is 1. The third-order valence-electron chi connectivity index (χ3n) is 2.73. The van der Waals surface area contributed by atoms with E-state index in [1.165, 1.54) is 0 Å². The van der Waals surface area contributed by atoms with Gasteiger partial charge in [0, 0.05) is 19.0 Å². The molecule has 0 aliphatic carbocycles. The molecule has 0 aliphatic rings. The molecule has 0 saturated carbocycles. The number of hydrogen-bond acceptors (Lipinski definition) is 4. The van der Waals surface area contributed by atoms with Crippen LogP contribution in [0.15, 0.2) is 36.5 Å². The molecule has 0 spiro atoms. The van der Waals surface area contributed by atoms with Gasteiger partial charge in [-0.25, -0.2) is 4.98 Å². The zero-order valence-electron chi connectivity index (χ0n) is 10.7. The quantitative estimate of drug-likeness (QED) is 0.881. The van der Waals surface area contributed by atoms with E-state index < -0.39 is 0 Å². The van der Waals surface area contributed by atoms with E-state index in [-0.39, 0.29) is 0 Å². The van der Waals surface area contributed by atoms with Crippen molar-refractivity contribution in [2.75, 3.05) is 24.8 Å². The van der Waals surface area contributed by atoms with E-state index in [1.807, 2.05) is 24.3 Å². The maximum Gasteiger partial charge on any atom is 0.153 e. The highest BCUT2D eigenvalue weighted by Crippen LogP contribution is 2.25. The van der Waals surface area contributed by atoms with Gasteiger partial charge in [-0.05, 0) is 24.1 Å². The second kappa shape index (κ2) is 6.41. The van der Waals surface area contributed by atoms with Crippen molar-refractivity contribution in [3.05, 3.63) is 47.1 Å². The van der Waals surface area contributed by atoms with E-state index in [1.54, 1.807) is 19.4 Å². The van der Waals surface area contributed by atoms with Gasteiger partial charge in [0.15, 0.2) is 5.82 Å². The minimum atomic E-state index is 0.522. The molecular formula is C14H16ClN3O. The van der Waals surface area contributed by atoms with Gasteiger partial charge < -0.3 is 15.8 Å². The molecule has 2 aromatic rings. The Balaban J connectivity index is 2.22. The molecule has 3 N–H and O–H groups in total. The molecule has 0 unspecified atom stereocenters. The number of ether oxygens (including phenoxy) is 1. The molecule has 1 aromatic carbocycles. The second-order valence-electron chi connectivity index (χ2n) is 4.12. The largest absolute Gasteiger partial charge is 0.396 e. The summed E-state index contributed by atoms with van der Waals surface area (Å²) in [6, 6.07) is 9.67. The van der Waals surface area contributed by atoms with E-state index in [9.17, 15) is 0 Å². The van der Waals surface area contributed by atoms with E-state index in [0.29, 0.717) is 23.1 Å². The molecule has 4 nitrogen and oxygen atoms in total. The number of nitrogens with zero attached hydrogens (tertiary/aromatic N) is 1. The van der Waals surface area contributed by atoms with Crippen LogP contribution in [-0.4, -0.2) is 18.7 Å². The van der Waals surface area contributed by atoms with E-state index in [2.05, 4.69) is 10.3 Å². The van der Waals surface area contributed by atoms with E-state index >= 15 is 0 Å². The van der Waals surface area contributed by atoms with Crippen LogP contribution in [-0.2, 0) is 11.2 Å². The fourth-order valence-corrected chi connectivity index (χ4v) is 1.93. The molecule has 5 heteroatoms. The Labute approximate surface area is 117 Å². The average Bonchev–Trinajstić information content (AvgIpc) is 2.41. The van der Waals surface area contributed by atoms with Gasteiger partial charge >= 0.3 is 0 Å². The third kappa shape index (κ3) is 3.59. The lowest BCUT2D eigenvalue weighted by Gasteiger charge is -2.12. The van der Waals surface area contributed by atoms with Crippen molar-refractivity contribution in [1.29, 1.82) is 0 Å². The van der Waals surface area contributed by atoms with Crippen molar-refractivity contribution >= 4 is 28.8 Å². The molecule has 0 atom stereocenters. The smallest absolute Gasteiger partial charge is 0.153 e. The van der Waals surface area contributed by atoms with Crippen LogP contribution in [0.25, 0.3) is 0 Å². The minimum Gasteiger partial charge on any atom is -0.396 e. The number of methoxy groups -OCH3 is 1.